The van der Waals surface area contributed by atoms with Gasteiger partial charge in [0.1, 0.15) is 0 Å². The van der Waals surface area contributed by atoms with Crippen LogP contribution in [0.4, 0.5) is 0 Å². The number of guanidine groups is 1. The molecule has 1 saturated heterocycles. The highest BCUT2D eigenvalue weighted by molar-refractivity contribution is 5.78. The number of aliphatic imine (C=N–C) groups is 1. The lowest BCUT2D eigenvalue weighted by molar-refractivity contribution is 0.118. The molecule has 1 heterocycles. The molecule has 4 nitrogen and oxygen atoms in total. The number of piperidine rings is 1. The standard InChI is InChI=1S/C14H27N3O/c1-18-11-12-7-9-17(10-8-12)14(15)16-13-5-3-2-4-6-13/h12-13H,2-11H2,1H3,(H2,15,16). The minimum absolute atomic E-state index is 0.482. The Kier molecular flexibility index (Phi) is 5.29. The minimum atomic E-state index is 0.482. The van der Waals surface area contributed by atoms with Gasteiger partial charge in [0.2, 0.25) is 0 Å². The first kappa shape index (κ1) is 13.7. The van der Waals surface area contributed by atoms with Crippen LogP contribution in [0, 0.1) is 5.92 Å². The zero-order valence-electron chi connectivity index (χ0n) is 11.6. The van der Waals surface area contributed by atoms with E-state index in [9.17, 15) is 0 Å². The number of likely N-dealkylation sites (tertiary alicyclic amines) is 1. The minimum Gasteiger partial charge on any atom is -0.384 e. The van der Waals surface area contributed by atoms with Gasteiger partial charge in [-0.05, 0) is 31.6 Å². The topological polar surface area (TPSA) is 50.9 Å². The molecule has 2 aliphatic rings. The highest BCUT2D eigenvalue weighted by Crippen LogP contribution is 2.21. The predicted octanol–water partition coefficient (Wildman–Crippen LogP) is 1.99. The number of hydrogen-bond donors (Lipinski definition) is 1. The van der Waals surface area contributed by atoms with Crippen LogP contribution in [-0.4, -0.2) is 43.7 Å². The molecule has 2 N–H and O–H groups in total. The Morgan fingerprint density at radius 3 is 2.44 bits per heavy atom. The van der Waals surface area contributed by atoms with E-state index in [0.29, 0.717) is 12.0 Å². The SMILES string of the molecule is COCC1CCN(C(N)=NC2CCCCC2)CC1. The monoisotopic (exact) mass is 253 g/mol. The number of nitrogens with two attached hydrogens (primary N) is 1. The first-order valence-corrected chi connectivity index (χ1v) is 7.36. The number of hydrogen-bond acceptors (Lipinski definition) is 2. The van der Waals surface area contributed by atoms with Crippen LogP contribution in [0.2, 0.25) is 0 Å². The van der Waals surface area contributed by atoms with Gasteiger partial charge in [0.05, 0.1) is 6.04 Å². The molecule has 1 aliphatic carbocycles. The van der Waals surface area contributed by atoms with Crippen LogP contribution in [-0.2, 0) is 4.74 Å². The largest absolute Gasteiger partial charge is 0.384 e. The molecule has 18 heavy (non-hydrogen) atoms. The third kappa shape index (κ3) is 3.87. The van der Waals surface area contributed by atoms with Crippen molar-refractivity contribution >= 4 is 5.96 Å². The lowest BCUT2D eigenvalue weighted by Gasteiger charge is -2.33. The number of ether oxygens (including phenoxy) is 1. The smallest absolute Gasteiger partial charge is 0.191 e. The predicted molar refractivity (Wildman–Crippen MR) is 74.7 cm³/mol. The first-order chi connectivity index (χ1) is 8.79. The Labute approximate surface area is 111 Å². The van der Waals surface area contributed by atoms with E-state index in [4.69, 9.17) is 15.5 Å². The summed E-state index contributed by atoms with van der Waals surface area (Å²) < 4.78 is 5.22. The average Bonchev–Trinajstić information content (AvgIpc) is 2.41. The second kappa shape index (κ2) is 6.98. The fourth-order valence-corrected chi connectivity index (χ4v) is 3.04. The summed E-state index contributed by atoms with van der Waals surface area (Å²) in [7, 11) is 1.78. The van der Waals surface area contributed by atoms with Crippen molar-refractivity contribution in [3.63, 3.8) is 0 Å². The average molecular weight is 253 g/mol. The van der Waals surface area contributed by atoms with E-state index in [-0.39, 0.29) is 0 Å². The van der Waals surface area contributed by atoms with E-state index >= 15 is 0 Å². The van der Waals surface area contributed by atoms with Crippen molar-refractivity contribution in [2.75, 3.05) is 26.8 Å². The lowest BCUT2D eigenvalue weighted by Crippen LogP contribution is -2.44. The Morgan fingerprint density at radius 1 is 1.17 bits per heavy atom. The van der Waals surface area contributed by atoms with Crippen molar-refractivity contribution in [2.45, 2.75) is 51.0 Å². The molecule has 0 aromatic carbocycles. The van der Waals surface area contributed by atoms with Crippen LogP contribution in [0.15, 0.2) is 4.99 Å². The fourth-order valence-electron chi connectivity index (χ4n) is 3.04. The van der Waals surface area contributed by atoms with E-state index in [2.05, 4.69) is 4.90 Å². The second-order valence-corrected chi connectivity index (χ2v) is 5.66. The molecule has 2 rings (SSSR count). The summed E-state index contributed by atoms with van der Waals surface area (Å²) >= 11 is 0. The van der Waals surface area contributed by atoms with Crippen molar-refractivity contribution in [2.24, 2.45) is 16.6 Å². The Hall–Kier alpha value is -0.770. The van der Waals surface area contributed by atoms with Crippen molar-refractivity contribution in [3.05, 3.63) is 0 Å². The molecule has 0 bridgehead atoms. The summed E-state index contributed by atoms with van der Waals surface area (Å²) in [5.41, 5.74) is 6.14. The van der Waals surface area contributed by atoms with E-state index in [1.165, 1.54) is 44.9 Å². The van der Waals surface area contributed by atoms with Gasteiger partial charge in [-0.1, -0.05) is 19.3 Å². The molecule has 0 spiro atoms. The van der Waals surface area contributed by atoms with Gasteiger partial charge in [-0.3, -0.25) is 0 Å². The van der Waals surface area contributed by atoms with Gasteiger partial charge in [-0.2, -0.15) is 0 Å². The van der Waals surface area contributed by atoms with E-state index in [0.717, 1.165) is 25.7 Å². The number of rotatable bonds is 3. The van der Waals surface area contributed by atoms with Crippen LogP contribution in [0.1, 0.15) is 44.9 Å². The maximum Gasteiger partial charge on any atom is 0.191 e. The Balaban J connectivity index is 1.79. The van der Waals surface area contributed by atoms with Crippen LogP contribution >= 0.6 is 0 Å². The summed E-state index contributed by atoms with van der Waals surface area (Å²) in [5.74, 6) is 1.48. The summed E-state index contributed by atoms with van der Waals surface area (Å²) in [6, 6.07) is 0.482. The molecule has 1 aliphatic heterocycles. The molecule has 104 valence electrons. The molecule has 1 saturated carbocycles. The van der Waals surface area contributed by atoms with Crippen molar-refractivity contribution in [3.8, 4) is 0 Å². The lowest BCUT2D eigenvalue weighted by atomic mass is 9.96. The molecule has 0 radical (unpaired) electrons. The third-order valence-corrected chi connectivity index (χ3v) is 4.23. The van der Waals surface area contributed by atoms with Gasteiger partial charge in [0.15, 0.2) is 5.96 Å². The van der Waals surface area contributed by atoms with Crippen LogP contribution in [0.5, 0.6) is 0 Å². The molecule has 4 heteroatoms. The first-order valence-electron chi connectivity index (χ1n) is 7.36. The zero-order valence-corrected chi connectivity index (χ0v) is 11.6. The number of nitrogens with zero attached hydrogens (tertiary/aromatic N) is 2. The van der Waals surface area contributed by atoms with E-state index in [1.807, 2.05) is 0 Å². The molecule has 0 unspecified atom stereocenters. The summed E-state index contributed by atoms with van der Waals surface area (Å²) in [6.07, 6.45) is 8.80. The molecule has 2 fully saturated rings. The van der Waals surface area contributed by atoms with Crippen LogP contribution < -0.4 is 5.73 Å². The molecular formula is C14H27N3O. The van der Waals surface area contributed by atoms with Gasteiger partial charge in [0.25, 0.3) is 0 Å². The Morgan fingerprint density at radius 2 is 1.83 bits per heavy atom. The maximum absolute atomic E-state index is 6.14. The molecule has 0 aromatic rings. The maximum atomic E-state index is 6.14. The van der Waals surface area contributed by atoms with Gasteiger partial charge >= 0.3 is 0 Å². The molecule has 0 atom stereocenters. The van der Waals surface area contributed by atoms with Gasteiger partial charge in [0, 0.05) is 26.8 Å². The van der Waals surface area contributed by atoms with Crippen LogP contribution in [0.3, 0.4) is 0 Å². The zero-order chi connectivity index (χ0) is 12.8. The number of methoxy groups -OCH3 is 1. The Bertz CT molecular complexity index is 266. The molecular weight excluding hydrogens is 226 g/mol. The molecule has 0 amide bonds. The fraction of sp³-hybridized carbons (Fsp3) is 0.929. The van der Waals surface area contributed by atoms with Crippen molar-refractivity contribution < 1.29 is 4.74 Å². The summed E-state index contributed by atoms with van der Waals surface area (Å²) in [5, 5.41) is 0. The van der Waals surface area contributed by atoms with Gasteiger partial charge in [-0.25, -0.2) is 4.99 Å². The van der Waals surface area contributed by atoms with E-state index < -0.39 is 0 Å². The third-order valence-electron chi connectivity index (χ3n) is 4.23. The van der Waals surface area contributed by atoms with Crippen molar-refractivity contribution in [1.29, 1.82) is 0 Å². The molecule has 0 aromatic heterocycles. The van der Waals surface area contributed by atoms with E-state index in [1.54, 1.807) is 7.11 Å². The second-order valence-electron chi connectivity index (χ2n) is 5.66. The van der Waals surface area contributed by atoms with Gasteiger partial charge < -0.3 is 15.4 Å². The van der Waals surface area contributed by atoms with Crippen LogP contribution in [0.25, 0.3) is 0 Å². The highest BCUT2D eigenvalue weighted by Gasteiger charge is 2.21. The van der Waals surface area contributed by atoms with Gasteiger partial charge in [-0.15, -0.1) is 0 Å². The normalized spacial score (nSPS) is 24.5. The summed E-state index contributed by atoms with van der Waals surface area (Å²) in [4.78, 5) is 6.97. The highest BCUT2D eigenvalue weighted by atomic mass is 16.5. The van der Waals surface area contributed by atoms with Crippen molar-refractivity contribution in [1.82, 2.24) is 4.90 Å². The summed E-state index contributed by atoms with van der Waals surface area (Å²) in [6.45, 7) is 2.96. The quantitative estimate of drug-likeness (QED) is 0.618.